The molecule has 0 aromatic heterocycles. The average Bonchev–Trinajstić information content (AvgIpc) is 2.02. The predicted molar refractivity (Wildman–Crippen MR) is 53.7 cm³/mol. The second-order valence-electron chi connectivity index (χ2n) is 3.57. The van der Waals surface area contributed by atoms with E-state index in [0.29, 0.717) is 0 Å². The molecule has 0 spiro atoms. The molecule has 0 aliphatic rings. The van der Waals surface area contributed by atoms with Crippen LogP contribution in [0.2, 0.25) is 0 Å². The van der Waals surface area contributed by atoms with Crippen molar-refractivity contribution < 1.29 is 0 Å². The maximum absolute atomic E-state index is 5.80. The first-order chi connectivity index (χ1) is 5.58. The standard InChI is InChI=1S/C11H15N/c1-11(2,12)9-8-10-6-4-3-5-7-10/h3-9H,12H2,1-2H3/b9-8+. The van der Waals surface area contributed by atoms with Crippen molar-refractivity contribution >= 4 is 6.08 Å². The molecule has 1 aromatic rings. The van der Waals surface area contributed by atoms with Gasteiger partial charge < -0.3 is 5.73 Å². The summed E-state index contributed by atoms with van der Waals surface area (Å²) in [5, 5.41) is 0. The van der Waals surface area contributed by atoms with Crippen LogP contribution in [0.5, 0.6) is 0 Å². The average molecular weight is 161 g/mol. The van der Waals surface area contributed by atoms with E-state index in [4.69, 9.17) is 5.73 Å². The zero-order valence-corrected chi connectivity index (χ0v) is 7.62. The minimum Gasteiger partial charge on any atom is -0.322 e. The highest BCUT2D eigenvalue weighted by molar-refractivity contribution is 5.50. The van der Waals surface area contributed by atoms with Crippen molar-refractivity contribution in [3.63, 3.8) is 0 Å². The summed E-state index contributed by atoms with van der Waals surface area (Å²) in [6.45, 7) is 3.96. The smallest absolute Gasteiger partial charge is 0.0284 e. The molecule has 0 bridgehead atoms. The molecule has 0 aliphatic carbocycles. The van der Waals surface area contributed by atoms with Crippen LogP contribution >= 0.6 is 0 Å². The lowest BCUT2D eigenvalue weighted by Gasteiger charge is -2.11. The van der Waals surface area contributed by atoms with Gasteiger partial charge in [0.15, 0.2) is 0 Å². The normalized spacial score (nSPS) is 12.2. The Hall–Kier alpha value is -1.08. The van der Waals surface area contributed by atoms with E-state index in [-0.39, 0.29) is 5.54 Å². The summed E-state index contributed by atoms with van der Waals surface area (Å²) in [7, 11) is 0. The zero-order valence-electron chi connectivity index (χ0n) is 7.62. The molecule has 0 fully saturated rings. The fourth-order valence-electron chi connectivity index (χ4n) is 0.875. The monoisotopic (exact) mass is 161 g/mol. The van der Waals surface area contributed by atoms with Crippen molar-refractivity contribution in [1.82, 2.24) is 0 Å². The van der Waals surface area contributed by atoms with Crippen LogP contribution in [0.25, 0.3) is 6.08 Å². The second-order valence-corrected chi connectivity index (χ2v) is 3.57. The molecule has 0 atom stereocenters. The van der Waals surface area contributed by atoms with Gasteiger partial charge in [0.1, 0.15) is 0 Å². The molecular weight excluding hydrogens is 146 g/mol. The number of benzene rings is 1. The third-order valence-corrected chi connectivity index (χ3v) is 1.50. The largest absolute Gasteiger partial charge is 0.322 e. The molecule has 12 heavy (non-hydrogen) atoms. The highest BCUT2D eigenvalue weighted by Crippen LogP contribution is 2.05. The van der Waals surface area contributed by atoms with Crippen molar-refractivity contribution in [3.8, 4) is 0 Å². The summed E-state index contributed by atoms with van der Waals surface area (Å²) in [4.78, 5) is 0. The Kier molecular flexibility index (Phi) is 2.66. The molecule has 1 heteroatoms. The third-order valence-electron chi connectivity index (χ3n) is 1.50. The fraction of sp³-hybridized carbons (Fsp3) is 0.273. The molecule has 64 valence electrons. The number of hydrogen-bond donors (Lipinski definition) is 1. The molecule has 0 saturated carbocycles. The van der Waals surface area contributed by atoms with E-state index >= 15 is 0 Å². The van der Waals surface area contributed by atoms with Gasteiger partial charge in [0.05, 0.1) is 0 Å². The molecule has 0 heterocycles. The highest BCUT2D eigenvalue weighted by Gasteiger charge is 2.02. The van der Waals surface area contributed by atoms with Crippen LogP contribution in [0.15, 0.2) is 36.4 Å². The van der Waals surface area contributed by atoms with Gasteiger partial charge in [-0.1, -0.05) is 42.5 Å². The van der Waals surface area contributed by atoms with Crippen molar-refractivity contribution in [2.24, 2.45) is 5.73 Å². The summed E-state index contributed by atoms with van der Waals surface area (Å²) >= 11 is 0. The van der Waals surface area contributed by atoms with Crippen LogP contribution in [-0.4, -0.2) is 5.54 Å². The number of rotatable bonds is 2. The molecular formula is C11H15N. The number of hydrogen-bond acceptors (Lipinski definition) is 1. The lowest BCUT2D eigenvalue weighted by Crippen LogP contribution is -2.28. The van der Waals surface area contributed by atoms with Crippen molar-refractivity contribution in [2.75, 3.05) is 0 Å². The Morgan fingerprint density at radius 2 is 1.75 bits per heavy atom. The van der Waals surface area contributed by atoms with Crippen molar-refractivity contribution in [2.45, 2.75) is 19.4 Å². The SMILES string of the molecule is CC(C)(N)/C=C/c1ccccc1. The third kappa shape index (κ3) is 3.35. The van der Waals surface area contributed by atoms with E-state index in [1.54, 1.807) is 0 Å². The highest BCUT2D eigenvalue weighted by atomic mass is 14.7. The summed E-state index contributed by atoms with van der Waals surface area (Å²) in [6.07, 6.45) is 4.04. The topological polar surface area (TPSA) is 26.0 Å². The molecule has 1 nitrogen and oxygen atoms in total. The minimum absolute atomic E-state index is 0.226. The molecule has 2 N–H and O–H groups in total. The first kappa shape index (κ1) is 9.01. The summed E-state index contributed by atoms with van der Waals surface area (Å²) in [6, 6.07) is 10.2. The molecule has 0 saturated heterocycles. The zero-order chi connectivity index (χ0) is 9.03. The van der Waals surface area contributed by atoms with Crippen molar-refractivity contribution in [3.05, 3.63) is 42.0 Å². The van der Waals surface area contributed by atoms with Gasteiger partial charge in [0.2, 0.25) is 0 Å². The van der Waals surface area contributed by atoms with E-state index in [1.807, 2.05) is 44.2 Å². The van der Waals surface area contributed by atoms with Gasteiger partial charge in [-0.05, 0) is 19.4 Å². The fourth-order valence-corrected chi connectivity index (χ4v) is 0.875. The molecule has 0 radical (unpaired) electrons. The first-order valence-electron chi connectivity index (χ1n) is 4.11. The Morgan fingerprint density at radius 1 is 1.17 bits per heavy atom. The summed E-state index contributed by atoms with van der Waals surface area (Å²) < 4.78 is 0. The Balaban J connectivity index is 2.71. The quantitative estimate of drug-likeness (QED) is 0.708. The summed E-state index contributed by atoms with van der Waals surface area (Å²) in [5.41, 5.74) is 6.76. The lowest BCUT2D eigenvalue weighted by atomic mass is 10.1. The van der Waals surface area contributed by atoms with Gasteiger partial charge in [-0.2, -0.15) is 0 Å². The van der Waals surface area contributed by atoms with Gasteiger partial charge in [-0.3, -0.25) is 0 Å². The van der Waals surface area contributed by atoms with Crippen LogP contribution in [0.1, 0.15) is 19.4 Å². The van der Waals surface area contributed by atoms with E-state index < -0.39 is 0 Å². The molecule has 0 aliphatic heterocycles. The van der Waals surface area contributed by atoms with Crippen LogP contribution in [0.3, 0.4) is 0 Å². The Morgan fingerprint density at radius 3 is 2.25 bits per heavy atom. The predicted octanol–water partition coefficient (Wildman–Crippen LogP) is 2.44. The maximum atomic E-state index is 5.80. The van der Waals surface area contributed by atoms with Crippen LogP contribution in [0.4, 0.5) is 0 Å². The van der Waals surface area contributed by atoms with E-state index in [9.17, 15) is 0 Å². The van der Waals surface area contributed by atoms with E-state index in [2.05, 4.69) is 12.1 Å². The maximum Gasteiger partial charge on any atom is 0.0284 e. The second kappa shape index (κ2) is 3.55. The molecule has 1 aromatic carbocycles. The van der Waals surface area contributed by atoms with Gasteiger partial charge in [-0.25, -0.2) is 0 Å². The Bertz CT molecular complexity index is 254. The van der Waals surface area contributed by atoms with Gasteiger partial charge >= 0.3 is 0 Å². The minimum atomic E-state index is -0.226. The summed E-state index contributed by atoms with van der Waals surface area (Å²) in [5.74, 6) is 0. The first-order valence-corrected chi connectivity index (χ1v) is 4.11. The molecule has 0 unspecified atom stereocenters. The van der Waals surface area contributed by atoms with Crippen LogP contribution in [-0.2, 0) is 0 Å². The van der Waals surface area contributed by atoms with E-state index in [1.165, 1.54) is 5.56 Å². The van der Waals surface area contributed by atoms with E-state index in [0.717, 1.165) is 0 Å². The number of nitrogens with two attached hydrogens (primary N) is 1. The molecule has 0 amide bonds. The lowest BCUT2D eigenvalue weighted by molar-refractivity contribution is 0.657. The van der Waals surface area contributed by atoms with Gasteiger partial charge in [0.25, 0.3) is 0 Å². The van der Waals surface area contributed by atoms with Crippen molar-refractivity contribution in [1.29, 1.82) is 0 Å². The van der Waals surface area contributed by atoms with Crippen LogP contribution < -0.4 is 5.73 Å². The van der Waals surface area contributed by atoms with Gasteiger partial charge in [0, 0.05) is 5.54 Å². The molecule has 1 rings (SSSR count). The van der Waals surface area contributed by atoms with Crippen LogP contribution in [0, 0.1) is 0 Å². The Labute approximate surface area is 73.9 Å². The van der Waals surface area contributed by atoms with Gasteiger partial charge in [-0.15, -0.1) is 0 Å².